The van der Waals surface area contributed by atoms with Crippen LogP contribution in [0, 0.1) is 0 Å². The number of likely N-dealkylation sites (tertiary alicyclic amines) is 1. The number of hydroxylamine groups is 1. The van der Waals surface area contributed by atoms with Crippen molar-refractivity contribution in [1.29, 1.82) is 0 Å². The molecule has 1 aliphatic heterocycles. The minimum Gasteiger partial charge on any atom is -0.316 e. The predicted octanol–water partition coefficient (Wildman–Crippen LogP) is 2.19. The van der Waals surface area contributed by atoms with Crippen LogP contribution in [0.3, 0.4) is 0 Å². The zero-order chi connectivity index (χ0) is 11.2. The van der Waals surface area contributed by atoms with E-state index in [0.717, 1.165) is 25.2 Å². The molecule has 2 N–H and O–H groups in total. The summed E-state index contributed by atoms with van der Waals surface area (Å²) in [5.74, 6) is 0. The van der Waals surface area contributed by atoms with E-state index in [1.807, 2.05) is 18.2 Å². The van der Waals surface area contributed by atoms with E-state index >= 15 is 0 Å². The second kappa shape index (κ2) is 5.99. The molecule has 0 saturated carbocycles. The molecule has 0 aliphatic carbocycles. The summed E-state index contributed by atoms with van der Waals surface area (Å²) < 4.78 is 0. The van der Waals surface area contributed by atoms with Crippen molar-refractivity contribution in [1.82, 2.24) is 10.4 Å². The molecule has 1 aliphatic rings. The Hall–Kier alpha value is -0.900. The topological polar surface area (TPSA) is 35.5 Å². The van der Waals surface area contributed by atoms with Crippen molar-refractivity contribution in [3.05, 3.63) is 35.9 Å². The Labute approximate surface area is 97.0 Å². The van der Waals surface area contributed by atoms with Crippen LogP contribution in [0.15, 0.2) is 30.3 Å². The molecule has 0 aromatic heterocycles. The lowest BCUT2D eigenvalue weighted by Crippen LogP contribution is -2.37. The fourth-order valence-electron chi connectivity index (χ4n) is 2.31. The average Bonchev–Trinajstić information content (AvgIpc) is 2.38. The maximum Gasteiger partial charge on any atom is 0.0696 e. The van der Waals surface area contributed by atoms with Crippen molar-refractivity contribution < 1.29 is 5.21 Å². The number of nitrogens with one attached hydrogen (secondary N) is 1. The molecule has 88 valence electrons. The molecule has 1 aromatic carbocycles. The molecule has 1 saturated heterocycles. The summed E-state index contributed by atoms with van der Waals surface area (Å²) >= 11 is 0. The van der Waals surface area contributed by atoms with Gasteiger partial charge in [0.25, 0.3) is 0 Å². The van der Waals surface area contributed by atoms with Crippen LogP contribution in [0.2, 0.25) is 0 Å². The summed E-state index contributed by atoms with van der Waals surface area (Å²) in [4.78, 5) is 2.42. The SMILES string of the molecule is ONC(CN1CCCCC1)c1ccccc1. The van der Waals surface area contributed by atoms with Gasteiger partial charge in [0.05, 0.1) is 6.04 Å². The van der Waals surface area contributed by atoms with Crippen molar-refractivity contribution in [2.45, 2.75) is 25.3 Å². The van der Waals surface area contributed by atoms with E-state index < -0.39 is 0 Å². The molecule has 16 heavy (non-hydrogen) atoms. The van der Waals surface area contributed by atoms with Gasteiger partial charge < -0.3 is 10.1 Å². The second-order valence-corrected chi connectivity index (χ2v) is 4.45. The highest BCUT2D eigenvalue weighted by Crippen LogP contribution is 2.16. The van der Waals surface area contributed by atoms with Crippen molar-refractivity contribution in [3.63, 3.8) is 0 Å². The number of hydrogen-bond acceptors (Lipinski definition) is 3. The first-order valence-electron chi connectivity index (χ1n) is 6.07. The fourth-order valence-corrected chi connectivity index (χ4v) is 2.31. The Balaban J connectivity index is 1.94. The van der Waals surface area contributed by atoms with Gasteiger partial charge in [0, 0.05) is 6.54 Å². The third-order valence-corrected chi connectivity index (χ3v) is 3.25. The molecule has 3 nitrogen and oxygen atoms in total. The van der Waals surface area contributed by atoms with Crippen molar-refractivity contribution >= 4 is 0 Å². The van der Waals surface area contributed by atoms with Crippen LogP contribution in [-0.4, -0.2) is 29.7 Å². The first-order valence-corrected chi connectivity index (χ1v) is 6.07. The van der Waals surface area contributed by atoms with E-state index in [-0.39, 0.29) is 6.04 Å². The quantitative estimate of drug-likeness (QED) is 0.764. The van der Waals surface area contributed by atoms with Crippen molar-refractivity contribution in [3.8, 4) is 0 Å². The van der Waals surface area contributed by atoms with E-state index in [1.165, 1.54) is 19.3 Å². The highest BCUT2D eigenvalue weighted by molar-refractivity contribution is 5.18. The van der Waals surface area contributed by atoms with Crippen LogP contribution < -0.4 is 5.48 Å². The third kappa shape index (κ3) is 3.04. The zero-order valence-corrected chi connectivity index (χ0v) is 9.60. The molecule has 0 radical (unpaired) electrons. The molecule has 1 fully saturated rings. The number of rotatable bonds is 4. The molecule has 1 heterocycles. The Bertz CT molecular complexity index is 296. The molecule has 0 spiro atoms. The largest absolute Gasteiger partial charge is 0.316 e. The Morgan fingerprint density at radius 3 is 2.44 bits per heavy atom. The molecular formula is C13H20N2O. The highest BCUT2D eigenvalue weighted by Gasteiger charge is 2.16. The molecule has 0 bridgehead atoms. The molecular weight excluding hydrogens is 200 g/mol. The van der Waals surface area contributed by atoms with E-state index in [0.29, 0.717) is 0 Å². The molecule has 2 rings (SSSR count). The lowest BCUT2D eigenvalue weighted by Gasteiger charge is -2.30. The molecule has 1 atom stereocenters. The maximum atomic E-state index is 9.23. The minimum atomic E-state index is 0.0271. The lowest BCUT2D eigenvalue weighted by molar-refractivity contribution is 0.0941. The number of piperidine rings is 1. The summed E-state index contributed by atoms with van der Waals surface area (Å²) in [6.07, 6.45) is 3.92. The Kier molecular flexibility index (Phi) is 4.34. The zero-order valence-electron chi connectivity index (χ0n) is 9.60. The predicted molar refractivity (Wildman–Crippen MR) is 64.4 cm³/mol. The summed E-state index contributed by atoms with van der Waals surface area (Å²) in [7, 11) is 0. The van der Waals surface area contributed by atoms with E-state index in [1.54, 1.807) is 0 Å². The van der Waals surface area contributed by atoms with E-state index in [9.17, 15) is 5.21 Å². The molecule has 0 amide bonds. The van der Waals surface area contributed by atoms with Crippen LogP contribution in [0.1, 0.15) is 30.9 Å². The standard InChI is InChI=1S/C13H20N2O/c16-14-13(12-7-3-1-4-8-12)11-15-9-5-2-6-10-15/h1,3-4,7-8,13-14,16H,2,5-6,9-11H2. The van der Waals surface area contributed by atoms with E-state index in [2.05, 4.69) is 22.5 Å². The number of benzene rings is 1. The minimum absolute atomic E-state index is 0.0271. The highest BCUT2D eigenvalue weighted by atomic mass is 16.5. The number of hydrogen-bond donors (Lipinski definition) is 2. The monoisotopic (exact) mass is 220 g/mol. The van der Waals surface area contributed by atoms with E-state index in [4.69, 9.17) is 0 Å². The fraction of sp³-hybridized carbons (Fsp3) is 0.538. The van der Waals surface area contributed by atoms with Gasteiger partial charge in [-0.2, -0.15) is 5.48 Å². The summed E-state index contributed by atoms with van der Waals surface area (Å²) in [6.45, 7) is 3.20. The van der Waals surface area contributed by atoms with Crippen molar-refractivity contribution in [2.24, 2.45) is 0 Å². The molecule has 1 aromatic rings. The van der Waals surface area contributed by atoms with Gasteiger partial charge in [0.15, 0.2) is 0 Å². The second-order valence-electron chi connectivity index (χ2n) is 4.45. The van der Waals surface area contributed by atoms with Gasteiger partial charge >= 0.3 is 0 Å². The van der Waals surface area contributed by atoms with Gasteiger partial charge in [-0.25, -0.2) is 0 Å². The Morgan fingerprint density at radius 1 is 1.12 bits per heavy atom. The smallest absolute Gasteiger partial charge is 0.0696 e. The molecule has 3 heteroatoms. The van der Waals surface area contributed by atoms with Gasteiger partial charge in [-0.3, -0.25) is 0 Å². The van der Waals surface area contributed by atoms with Crippen LogP contribution >= 0.6 is 0 Å². The van der Waals surface area contributed by atoms with Crippen LogP contribution in [0.4, 0.5) is 0 Å². The Morgan fingerprint density at radius 2 is 1.81 bits per heavy atom. The normalized spacial score (nSPS) is 19.6. The average molecular weight is 220 g/mol. The van der Waals surface area contributed by atoms with Gasteiger partial charge in [-0.1, -0.05) is 36.8 Å². The first kappa shape index (κ1) is 11.6. The summed E-state index contributed by atoms with van der Waals surface area (Å²) in [6, 6.07) is 10.2. The first-order chi connectivity index (χ1) is 7.90. The van der Waals surface area contributed by atoms with Gasteiger partial charge in [0.1, 0.15) is 0 Å². The van der Waals surface area contributed by atoms with Crippen LogP contribution in [0.5, 0.6) is 0 Å². The lowest BCUT2D eigenvalue weighted by atomic mass is 10.1. The van der Waals surface area contributed by atoms with Gasteiger partial charge in [-0.15, -0.1) is 0 Å². The van der Waals surface area contributed by atoms with Gasteiger partial charge in [-0.05, 0) is 31.5 Å². The number of nitrogens with zero attached hydrogens (tertiary/aromatic N) is 1. The summed E-state index contributed by atoms with van der Waals surface area (Å²) in [5.41, 5.74) is 3.57. The van der Waals surface area contributed by atoms with Crippen molar-refractivity contribution in [2.75, 3.05) is 19.6 Å². The van der Waals surface area contributed by atoms with Crippen LogP contribution in [-0.2, 0) is 0 Å². The summed E-state index contributed by atoms with van der Waals surface area (Å²) in [5, 5.41) is 9.23. The third-order valence-electron chi connectivity index (χ3n) is 3.25. The molecule has 1 unspecified atom stereocenters. The van der Waals surface area contributed by atoms with Crippen LogP contribution in [0.25, 0.3) is 0 Å². The van der Waals surface area contributed by atoms with Gasteiger partial charge in [0.2, 0.25) is 0 Å². The maximum absolute atomic E-state index is 9.23.